The fourth-order valence-electron chi connectivity index (χ4n) is 7.22. The number of phosphoric acid groups is 1. The molecule has 0 bridgehead atoms. The molecule has 0 spiro atoms. The minimum absolute atomic E-state index is 0.0627. The summed E-state index contributed by atoms with van der Waals surface area (Å²) in [6.07, 6.45) is 15.1. The molecule has 0 aliphatic carbocycles. The molecular formula is C41H62FN6O9P. The van der Waals surface area contributed by atoms with Crippen LogP contribution in [-0.2, 0) is 40.1 Å². The molecule has 1 aromatic carbocycles. The number of nitrogens with two attached hydrogens (primary N) is 1. The first-order valence-corrected chi connectivity index (χ1v) is 22.2. The summed E-state index contributed by atoms with van der Waals surface area (Å²) >= 11 is 0. The van der Waals surface area contributed by atoms with E-state index in [2.05, 4.69) is 22.3 Å². The second-order valence-electron chi connectivity index (χ2n) is 15.3. The van der Waals surface area contributed by atoms with Gasteiger partial charge in [-0.25, -0.2) is 18.5 Å². The van der Waals surface area contributed by atoms with Crippen LogP contribution in [0, 0.1) is 17.1 Å². The van der Waals surface area contributed by atoms with Gasteiger partial charge in [0, 0.05) is 6.54 Å². The van der Waals surface area contributed by atoms with E-state index < -0.39 is 62.8 Å². The van der Waals surface area contributed by atoms with E-state index in [4.69, 9.17) is 24.3 Å². The van der Waals surface area contributed by atoms with Gasteiger partial charge in [0.15, 0.2) is 11.9 Å². The molecule has 3 aromatic rings. The van der Waals surface area contributed by atoms with Gasteiger partial charge in [0.2, 0.25) is 0 Å². The lowest BCUT2D eigenvalue weighted by Gasteiger charge is -2.27. The number of hydrogen-bond donors (Lipinski definition) is 5. The summed E-state index contributed by atoms with van der Waals surface area (Å²) in [6, 6.07) is 8.72. The number of nitrogens with one attached hydrogen (secondary N) is 1. The van der Waals surface area contributed by atoms with Crippen molar-refractivity contribution < 1.29 is 47.4 Å². The van der Waals surface area contributed by atoms with Crippen LogP contribution in [0.15, 0.2) is 36.7 Å². The normalized spacial score (nSPS) is 20.9. The number of nitrogens with zero attached hydrogens (tertiary/aromatic N) is 4. The van der Waals surface area contributed by atoms with Crippen LogP contribution in [0.5, 0.6) is 0 Å². The third kappa shape index (κ3) is 14.3. The maximum Gasteiger partial charge on any atom is 0.472 e. The molecule has 4 rings (SSSR count). The number of halogens is 1. The first kappa shape index (κ1) is 47.2. The summed E-state index contributed by atoms with van der Waals surface area (Å²) in [5.74, 6) is -1.09. The third-order valence-electron chi connectivity index (χ3n) is 10.6. The number of hydrogen-bond acceptors (Lipinski definition) is 12. The topological polar surface area (TPSA) is 224 Å². The zero-order chi connectivity index (χ0) is 42.0. The van der Waals surface area contributed by atoms with Crippen LogP contribution >= 0.6 is 7.82 Å². The number of ether oxygens (including phenoxy) is 2. The first-order chi connectivity index (χ1) is 27.9. The second-order valence-corrected chi connectivity index (χ2v) is 16.7. The molecule has 0 radical (unpaired) electrons. The zero-order valence-corrected chi connectivity index (χ0v) is 34.8. The van der Waals surface area contributed by atoms with E-state index >= 15 is 0 Å². The number of benzene rings is 1. The molecule has 6 N–H and O–H groups in total. The molecule has 1 aliphatic rings. The number of phosphoric ester groups is 1. The van der Waals surface area contributed by atoms with E-state index in [0.717, 1.165) is 37.8 Å². The van der Waals surface area contributed by atoms with E-state index in [0.29, 0.717) is 17.8 Å². The molecule has 0 saturated carbocycles. The number of fused-ring (bicyclic) bond motifs is 1. The first-order valence-electron chi connectivity index (χ1n) is 20.7. The Kier molecular flexibility index (Phi) is 19.4. The fraction of sp³-hybridized carbons (Fsp3) is 0.659. The Morgan fingerprint density at radius 1 is 1.02 bits per heavy atom. The highest BCUT2D eigenvalue weighted by Gasteiger charge is 2.54. The van der Waals surface area contributed by atoms with E-state index in [9.17, 15) is 34.1 Å². The summed E-state index contributed by atoms with van der Waals surface area (Å²) in [6.45, 7) is 2.43. The fourth-order valence-corrected chi connectivity index (χ4v) is 7.95. The number of nitrogen functional groups attached to an aromatic ring is 1. The lowest BCUT2D eigenvalue weighted by Crippen LogP contribution is -2.40. The molecule has 1 aliphatic heterocycles. The Hall–Kier alpha value is -3.52. The number of aromatic nitrogens is 3. The molecule has 17 heteroatoms. The number of carbonyl (C=O) groups is 1. The number of aliphatic hydroxyl groups is 2. The molecule has 1 unspecified atom stereocenters. The van der Waals surface area contributed by atoms with Crippen molar-refractivity contribution in [2.75, 3.05) is 25.5 Å². The van der Waals surface area contributed by atoms with Crippen LogP contribution in [0.3, 0.4) is 0 Å². The number of carbonyl (C=O) groups excluding carboxylic acids is 1. The third-order valence-corrected chi connectivity index (χ3v) is 11.6. The summed E-state index contributed by atoms with van der Waals surface area (Å²) in [7, 11) is -4.89. The van der Waals surface area contributed by atoms with Gasteiger partial charge in [-0.3, -0.25) is 13.8 Å². The van der Waals surface area contributed by atoms with Gasteiger partial charge < -0.3 is 35.6 Å². The number of nitriles is 1. The van der Waals surface area contributed by atoms with Gasteiger partial charge in [0.1, 0.15) is 41.6 Å². The van der Waals surface area contributed by atoms with Crippen LogP contribution in [0.4, 0.5) is 10.2 Å². The van der Waals surface area contributed by atoms with Crippen molar-refractivity contribution in [2.45, 2.75) is 153 Å². The number of anilines is 1. The number of rotatable bonds is 28. The number of aliphatic hydroxyl groups excluding tert-OH is 2. The monoisotopic (exact) mass is 832 g/mol. The minimum atomic E-state index is -4.89. The van der Waals surface area contributed by atoms with Gasteiger partial charge >= 0.3 is 7.82 Å². The predicted octanol–water partition coefficient (Wildman–Crippen LogP) is 6.75. The van der Waals surface area contributed by atoms with E-state index in [1.807, 2.05) is 6.07 Å². The average molecular weight is 833 g/mol. The Labute approximate surface area is 341 Å². The predicted molar refractivity (Wildman–Crippen MR) is 216 cm³/mol. The van der Waals surface area contributed by atoms with Crippen LogP contribution in [-0.4, -0.2) is 79.8 Å². The van der Waals surface area contributed by atoms with Crippen molar-refractivity contribution in [2.24, 2.45) is 0 Å². The van der Waals surface area contributed by atoms with Gasteiger partial charge in [-0.05, 0) is 49.2 Å². The van der Waals surface area contributed by atoms with Crippen molar-refractivity contribution >= 4 is 25.1 Å². The van der Waals surface area contributed by atoms with Crippen molar-refractivity contribution in [1.82, 2.24) is 19.9 Å². The summed E-state index contributed by atoms with van der Waals surface area (Å²) in [5.41, 5.74) is 5.54. The highest BCUT2D eigenvalue weighted by molar-refractivity contribution is 7.47. The molecule has 3 heterocycles. The van der Waals surface area contributed by atoms with Crippen molar-refractivity contribution in [1.29, 1.82) is 5.26 Å². The lowest BCUT2D eigenvalue weighted by atomic mass is 9.93. The van der Waals surface area contributed by atoms with Gasteiger partial charge in [-0.2, -0.15) is 10.4 Å². The highest BCUT2D eigenvalue weighted by Crippen LogP contribution is 2.46. The maximum absolute atomic E-state index is 14.1. The molecular weight excluding hydrogens is 770 g/mol. The quantitative estimate of drug-likeness (QED) is 0.0378. The molecule has 1 fully saturated rings. The van der Waals surface area contributed by atoms with Crippen LogP contribution < -0.4 is 11.1 Å². The highest BCUT2D eigenvalue weighted by atomic mass is 31.2. The minimum Gasteiger partial charge on any atom is -0.387 e. The summed E-state index contributed by atoms with van der Waals surface area (Å²) in [4.78, 5) is 27.7. The van der Waals surface area contributed by atoms with Gasteiger partial charge in [0.05, 0.1) is 37.1 Å². The van der Waals surface area contributed by atoms with E-state index in [1.165, 1.54) is 101 Å². The smallest absolute Gasteiger partial charge is 0.387 e. The molecule has 2 aromatic heterocycles. The number of unbranched alkanes of at least 4 members (excludes halogenated alkanes) is 15. The van der Waals surface area contributed by atoms with Crippen LogP contribution in [0.25, 0.3) is 5.52 Å². The van der Waals surface area contributed by atoms with E-state index in [-0.39, 0.29) is 23.6 Å². The summed E-state index contributed by atoms with van der Waals surface area (Å²) in [5, 5.41) is 38.0. The molecule has 6 atom stereocenters. The SMILES string of the molecule is CCCCCCCCCCCCCCCCCCNC(=O)[C@H](COP(=O)(O)OC[C@H]1O[C@@](C)(c2ccc3c(N)ncnn23)[C@H](O)[C@@H]1O)OCc1cc(F)cc(C#N)c1. The Morgan fingerprint density at radius 3 is 2.26 bits per heavy atom. The lowest BCUT2D eigenvalue weighted by molar-refractivity contribution is -0.136. The second kappa shape index (κ2) is 23.9. The number of amides is 1. The van der Waals surface area contributed by atoms with Crippen LogP contribution in [0.1, 0.15) is 133 Å². The molecule has 1 amide bonds. The standard InChI is InChI=1S/C41H62FN6O9P/c1-3-4-5-6-7-8-9-10-11-12-13-14-15-16-17-18-21-45-40(51)35(54-26-31-22-30(25-43)23-32(42)24-31)28-56-58(52,53)55-27-34-37(49)38(50)41(2,57-34)36-20-19-33-39(44)46-29-47-48(33)36/h19-20,22-24,29,34-35,37-38,49-50H,3-18,21,26-28H2,1-2H3,(H,45,51)(H,52,53)(H2,44,46,47)/t34-,35+,37-,38-,41+/m1/s1. The molecule has 15 nitrogen and oxygen atoms in total. The van der Waals surface area contributed by atoms with Crippen LogP contribution in [0.2, 0.25) is 0 Å². The Bertz CT molecular complexity index is 1810. The Balaban J connectivity index is 1.21. The average Bonchev–Trinajstić information content (AvgIpc) is 3.74. The van der Waals surface area contributed by atoms with Crippen molar-refractivity contribution in [3.8, 4) is 6.07 Å². The van der Waals surface area contributed by atoms with Gasteiger partial charge in [-0.1, -0.05) is 103 Å². The molecule has 322 valence electrons. The zero-order valence-electron chi connectivity index (χ0n) is 33.9. The van der Waals surface area contributed by atoms with Gasteiger partial charge in [0.25, 0.3) is 5.91 Å². The van der Waals surface area contributed by atoms with Gasteiger partial charge in [-0.15, -0.1) is 0 Å². The molecule has 58 heavy (non-hydrogen) atoms. The van der Waals surface area contributed by atoms with Crippen molar-refractivity contribution in [3.05, 3.63) is 59.3 Å². The largest absolute Gasteiger partial charge is 0.472 e. The van der Waals surface area contributed by atoms with E-state index in [1.54, 1.807) is 12.1 Å². The molecule has 1 saturated heterocycles. The summed E-state index contributed by atoms with van der Waals surface area (Å²) < 4.78 is 50.5. The van der Waals surface area contributed by atoms with Crippen molar-refractivity contribution in [3.63, 3.8) is 0 Å². The Morgan fingerprint density at radius 2 is 1.64 bits per heavy atom. The maximum atomic E-state index is 14.1.